The highest BCUT2D eigenvalue weighted by atomic mass is 32.2. The smallest absolute Gasteiger partial charge is 0.199 e. The van der Waals surface area contributed by atoms with Gasteiger partial charge in [-0.3, -0.25) is 4.90 Å². The highest BCUT2D eigenvalue weighted by Crippen LogP contribution is 2.20. The van der Waals surface area contributed by atoms with Gasteiger partial charge in [0.05, 0.1) is 18.2 Å². The standard InChI is InChI=1S/C16H22N4O2S2/c1-3-19(14-9-10-24(21,22)11-14)12-20-16(23)18(2)15(17-20)13-7-5-4-6-8-13/h4-8,14H,3,9-12H2,1-2H3/t14-/m1/s1. The van der Waals surface area contributed by atoms with Crippen molar-refractivity contribution in [2.75, 3.05) is 18.1 Å². The van der Waals surface area contributed by atoms with Crippen molar-refractivity contribution >= 4 is 22.1 Å². The molecule has 3 rings (SSSR count). The average molecular weight is 367 g/mol. The van der Waals surface area contributed by atoms with E-state index in [0.717, 1.165) is 17.9 Å². The van der Waals surface area contributed by atoms with E-state index in [2.05, 4.69) is 10.00 Å². The lowest BCUT2D eigenvalue weighted by Gasteiger charge is -2.25. The highest BCUT2D eigenvalue weighted by molar-refractivity contribution is 7.91. The van der Waals surface area contributed by atoms with E-state index in [0.29, 0.717) is 17.9 Å². The van der Waals surface area contributed by atoms with Crippen LogP contribution in [0.3, 0.4) is 0 Å². The van der Waals surface area contributed by atoms with Gasteiger partial charge in [0.25, 0.3) is 0 Å². The Morgan fingerprint density at radius 1 is 1.33 bits per heavy atom. The lowest BCUT2D eigenvalue weighted by atomic mass is 10.2. The minimum atomic E-state index is -2.90. The van der Waals surface area contributed by atoms with E-state index >= 15 is 0 Å². The van der Waals surface area contributed by atoms with Crippen LogP contribution >= 0.6 is 12.2 Å². The first-order valence-electron chi connectivity index (χ1n) is 8.05. The number of aromatic nitrogens is 3. The molecule has 1 fully saturated rings. The van der Waals surface area contributed by atoms with Crippen molar-refractivity contribution in [2.45, 2.75) is 26.1 Å². The molecular weight excluding hydrogens is 344 g/mol. The molecule has 2 heterocycles. The Morgan fingerprint density at radius 3 is 2.62 bits per heavy atom. The Bertz CT molecular complexity index is 871. The fourth-order valence-corrected chi connectivity index (χ4v) is 5.07. The van der Waals surface area contributed by atoms with Crippen molar-refractivity contribution in [1.82, 2.24) is 19.2 Å². The lowest BCUT2D eigenvalue weighted by Crippen LogP contribution is -2.37. The van der Waals surface area contributed by atoms with Crippen molar-refractivity contribution in [1.29, 1.82) is 0 Å². The molecule has 1 aliphatic rings. The van der Waals surface area contributed by atoms with Crippen LogP contribution < -0.4 is 0 Å². The predicted molar refractivity (Wildman–Crippen MR) is 96.9 cm³/mol. The minimum absolute atomic E-state index is 0.0454. The van der Waals surface area contributed by atoms with Gasteiger partial charge in [0.1, 0.15) is 0 Å². The number of benzene rings is 1. The topological polar surface area (TPSA) is 60.1 Å². The maximum atomic E-state index is 11.8. The van der Waals surface area contributed by atoms with Crippen LogP contribution in [-0.4, -0.2) is 51.8 Å². The second kappa shape index (κ2) is 6.78. The summed E-state index contributed by atoms with van der Waals surface area (Å²) >= 11 is 5.52. The van der Waals surface area contributed by atoms with E-state index < -0.39 is 9.84 Å². The quantitative estimate of drug-likeness (QED) is 0.759. The van der Waals surface area contributed by atoms with Crippen molar-refractivity contribution in [3.8, 4) is 11.4 Å². The Hall–Kier alpha value is -1.51. The molecule has 1 aliphatic heterocycles. The zero-order valence-electron chi connectivity index (χ0n) is 13.9. The van der Waals surface area contributed by atoms with E-state index in [4.69, 9.17) is 12.2 Å². The summed E-state index contributed by atoms with van der Waals surface area (Å²) in [6, 6.07) is 9.96. The molecule has 1 saturated heterocycles. The molecule has 1 aromatic heterocycles. The van der Waals surface area contributed by atoms with Crippen LogP contribution in [0, 0.1) is 4.77 Å². The Kier molecular flexibility index (Phi) is 4.89. The van der Waals surface area contributed by atoms with E-state index in [-0.39, 0.29) is 17.5 Å². The monoisotopic (exact) mass is 366 g/mol. The zero-order chi connectivity index (χ0) is 17.3. The third kappa shape index (κ3) is 3.45. The molecule has 0 aliphatic carbocycles. The first-order chi connectivity index (χ1) is 11.4. The Morgan fingerprint density at radius 2 is 2.04 bits per heavy atom. The summed E-state index contributed by atoms with van der Waals surface area (Å²) in [6.45, 7) is 3.31. The molecule has 130 valence electrons. The minimum Gasteiger partial charge on any atom is -0.303 e. The van der Waals surface area contributed by atoms with Gasteiger partial charge in [-0.2, -0.15) is 5.10 Å². The number of hydrogen-bond acceptors (Lipinski definition) is 5. The molecule has 0 bridgehead atoms. The van der Waals surface area contributed by atoms with Crippen LogP contribution in [-0.2, 0) is 23.6 Å². The fraction of sp³-hybridized carbons (Fsp3) is 0.500. The maximum Gasteiger partial charge on any atom is 0.199 e. The van der Waals surface area contributed by atoms with Gasteiger partial charge in [0.2, 0.25) is 0 Å². The Balaban J connectivity index is 1.86. The molecule has 0 saturated carbocycles. The number of nitrogens with zero attached hydrogens (tertiary/aromatic N) is 4. The molecule has 2 aromatic rings. The molecule has 0 radical (unpaired) electrons. The average Bonchev–Trinajstić information content (AvgIpc) is 3.07. The number of hydrogen-bond donors (Lipinski definition) is 0. The van der Waals surface area contributed by atoms with Gasteiger partial charge < -0.3 is 4.57 Å². The van der Waals surface area contributed by atoms with Crippen LogP contribution in [0.1, 0.15) is 13.3 Å². The van der Waals surface area contributed by atoms with Gasteiger partial charge in [0.15, 0.2) is 20.4 Å². The second-order valence-corrected chi connectivity index (χ2v) is 8.73. The van der Waals surface area contributed by atoms with Crippen molar-refractivity contribution in [3.05, 3.63) is 35.1 Å². The van der Waals surface area contributed by atoms with Crippen LogP contribution in [0.15, 0.2) is 30.3 Å². The van der Waals surface area contributed by atoms with Gasteiger partial charge in [-0.05, 0) is 25.2 Å². The van der Waals surface area contributed by atoms with Gasteiger partial charge in [-0.25, -0.2) is 13.1 Å². The van der Waals surface area contributed by atoms with E-state index in [1.807, 2.05) is 48.9 Å². The molecule has 0 spiro atoms. The summed E-state index contributed by atoms with van der Waals surface area (Å²) in [5.74, 6) is 1.32. The molecule has 1 atom stereocenters. The molecule has 6 nitrogen and oxygen atoms in total. The SMILES string of the molecule is CCN(Cn1nc(-c2ccccc2)n(C)c1=S)[C@@H]1CCS(=O)(=O)C1. The molecule has 8 heteroatoms. The normalized spacial score (nSPS) is 19.9. The van der Waals surface area contributed by atoms with E-state index in [1.54, 1.807) is 4.68 Å². The van der Waals surface area contributed by atoms with E-state index in [9.17, 15) is 8.42 Å². The fourth-order valence-electron chi connectivity index (χ4n) is 3.13. The second-order valence-electron chi connectivity index (χ2n) is 6.13. The predicted octanol–water partition coefficient (Wildman–Crippen LogP) is 2.08. The van der Waals surface area contributed by atoms with Gasteiger partial charge in [-0.15, -0.1) is 0 Å². The summed E-state index contributed by atoms with van der Waals surface area (Å²) in [7, 11) is -0.994. The molecule has 0 N–H and O–H groups in total. The third-order valence-electron chi connectivity index (χ3n) is 4.52. The van der Waals surface area contributed by atoms with Crippen LogP contribution in [0.5, 0.6) is 0 Å². The van der Waals surface area contributed by atoms with Crippen LogP contribution in [0.2, 0.25) is 0 Å². The van der Waals surface area contributed by atoms with Crippen molar-refractivity contribution in [2.24, 2.45) is 7.05 Å². The van der Waals surface area contributed by atoms with Crippen molar-refractivity contribution < 1.29 is 8.42 Å². The summed E-state index contributed by atoms with van der Waals surface area (Å²) < 4.78 is 27.8. The Labute approximate surface area is 147 Å². The lowest BCUT2D eigenvalue weighted by molar-refractivity contribution is 0.164. The molecule has 0 unspecified atom stereocenters. The summed E-state index contributed by atoms with van der Waals surface area (Å²) in [4.78, 5) is 2.14. The van der Waals surface area contributed by atoms with Gasteiger partial charge >= 0.3 is 0 Å². The zero-order valence-corrected chi connectivity index (χ0v) is 15.6. The first kappa shape index (κ1) is 17.3. The van der Waals surface area contributed by atoms with Crippen LogP contribution in [0.25, 0.3) is 11.4 Å². The molecular formula is C16H22N4O2S2. The van der Waals surface area contributed by atoms with E-state index in [1.165, 1.54) is 0 Å². The third-order valence-corrected chi connectivity index (χ3v) is 6.75. The summed E-state index contributed by atoms with van der Waals surface area (Å²) in [6.07, 6.45) is 0.682. The van der Waals surface area contributed by atoms with Crippen molar-refractivity contribution in [3.63, 3.8) is 0 Å². The molecule has 1 aromatic carbocycles. The van der Waals surface area contributed by atoms with Gasteiger partial charge in [-0.1, -0.05) is 37.3 Å². The molecule has 0 amide bonds. The number of sulfone groups is 1. The maximum absolute atomic E-state index is 11.8. The largest absolute Gasteiger partial charge is 0.303 e. The highest BCUT2D eigenvalue weighted by Gasteiger charge is 2.32. The summed E-state index contributed by atoms with van der Waals surface area (Å²) in [5, 5.41) is 4.66. The van der Waals surface area contributed by atoms with Gasteiger partial charge in [0, 0.05) is 18.7 Å². The number of rotatable bonds is 5. The first-order valence-corrected chi connectivity index (χ1v) is 10.3. The van der Waals surface area contributed by atoms with Crippen LogP contribution in [0.4, 0.5) is 0 Å². The molecule has 24 heavy (non-hydrogen) atoms. The summed E-state index contributed by atoms with van der Waals surface area (Å²) in [5.41, 5.74) is 1.01.